The van der Waals surface area contributed by atoms with Gasteiger partial charge in [0.15, 0.2) is 0 Å². The molecule has 2 N–H and O–H groups in total. The van der Waals surface area contributed by atoms with Crippen LogP contribution in [0.3, 0.4) is 0 Å². The quantitative estimate of drug-likeness (QED) is 0.616. The van der Waals surface area contributed by atoms with Gasteiger partial charge in [-0.05, 0) is 43.0 Å². The lowest BCUT2D eigenvalue weighted by Crippen LogP contribution is -2.26. The summed E-state index contributed by atoms with van der Waals surface area (Å²) in [5.41, 5.74) is 6.43. The molecule has 1 aliphatic rings. The summed E-state index contributed by atoms with van der Waals surface area (Å²) in [4.78, 5) is 0.413. The molecule has 0 amide bonds. The van der Waals surface area contributed by atoms with Crippen LogP contribution in [0.25, 0.3) is 0 Å². The van der Waals surface area contributed by atoms with Crippen molar-refractivity contribution in [3.8, 4) is 5.75 Å². The number of rotatable bonds is 7. The van der Waals surface area contributed by atoms with Crippen LogP contribution < -0.4 is 10.5 Å². The van der Waals surface area contributed by atoms with E-state index in [0.717, 1.165) is 24.3 Å². The first kappa shape index (κ1) is 16.2. The van der Waals surface area contributed by atoms with Gasteiger partial charge in [-0.2, -0.15) is 0 Å². The topological polar surface area (TPSA) is 44.5 Å². The van der Waals surface area contributed by atoms with Crippen LogP contribution in [0, 0.1) is 5.92 Å². The van der Waals surface area contributed by atoms with E-state index in [2.05, 4.69) is 6.92 Å². The minimum atomic E-state index is 0.413. The molecule has 2 unspecified atom stereocenters. The molecule has 2 atom stereocenters. The minimum Gasteiger partial charge on any atom is -0.494 e. The fourth-order valence-electron chi connectivity index (χ4n) is 2.73. The monoisotopic (exact) mass is 307 g/mol. The molecule has 4 heteroatoms. The van der Waals surface area contributed by atoms with E-state index < -0.39 is 0 Å². The molecular weight excluding hydrogens is 282 g/mol. The fraction of sp³-hybridized carbons (Fsp3) is 0.588. The molecule has 1 aromatic rings. The van der Waals surface area contributed by atoms with Crippen LogP contribution in [0.15, 0.2) is 24.3 Å². The highest BCUT2D eigenvalue weighted by molar-refractivity contribution is 7.80. The normalized spacial score (nSPS) is 22.0. The van der Waals surface area contributed by atoms with Crippen molar-refractivity contribution in [3.63, 3.8) is 0 Å². The third-order valence-corrected chi connectivity index (χ3v) is 4.30. The average Bonchev–Trinajstić information content (AvgIpc) is 2.49. The van der Waals surface area contributed by atoms with E-state index >= 15 is 0 Å². The molecule has 0 aromatic heterocycles. The van der Waals surface area contributed by atoms with Crippen molar-refractivity contribution >= 4 is 17.2 Å². The zero-order valence-electron chi connectivity index (χ0n) is 12.7. The van der Waals surface area contributed by atoms with Crippen molar-refractivity contribution in [3.05, 3.63) is 29.8 Å². The Kier molecular flexibility index (Phi) is 6.46. The van der Waals surface area contributed by atoms with Crippen LogP contribution in [-0.4, -0.2) is 24.3 Å². The predicted molar refractivity (Wildman–Crippen MR) is 89.8 cm³/mol. The molecule has 2 rings (SSSR count). The molecule has 1 aromatic carbocycles. The van der Waals surface area contributed by atoms with E-state index in [1.165, 1.54) is 25.7 Å². The molecule has 1 saturated carbocycles. The van der Waals surface area contributed by atoms with Gasteiger partial charge in [0.1, 0.15) is 10.7 Å². The van der Waals surface area contributed by atoms with Crippen LogP contribution in [-0.2, 0) is 4.74 Å². The largest absolute Gasteiger partial charge is 0.494 e. The predicted octanol–water partition coefficient (Wildman–Crippen LogP) is 3.69. The van der Waals surface area contributed by atoms with Crippen LogP contribution in [0.1, 0.15) is 44.6 Å². The second-order valence-corrected chi connectivity index (χ2v) is 6.20. The van der Waals surface area contributed by atoms with Gasteiger partial charge in [-0.1, -0.05) is 32.0 Å². The summed E-state index contributed by atoms with van der Waals surface area (Å²) in [6, 6.07) is 7.58. The minimum absolute atomic E-state index is 0.413. The Bertz CT molecular complexity index is 447. The number of nitrogens with two attached hydrogens (primary N) is 1. The molecule has 0 spiro atoms. The number of thiocarbonyl (C=S) groups is 1. The SMILES string of the molecule is CC1CCCCC1OCCCOc1ccc(C(N)=S)cc1. The first-order chi connectivity index (χ1) is 10.2. The number of hydrogen-bond acceptors (Lipinski definition) is 3. The van der Waals surface area contributed by atoms with E-state index in [9.17, 15) is 0 Å². The number of hydrogen-bond donors (Lipinski definition) is 1. The maximum Gasteiger partial charge on any atom is 0.119 e. The summed E-state index contributed by atoms with van der Waals surface area (Å²) in [5.74, 6) is 1.55. The Hall–Kier alpha value is -1.13. The Morgan fingerprint density at radius 3 is 2.57 bits per heavy atom. The molecule has 0 radical (unpaired) electrons. The summed E-state index contributed by atoms with van der Waals surface area (Å²) in [7, 11) is 0. The Balaban J connectivity index is 1.62. The summed E-state index contributed by atoms with van der Waals surface area (Å²) < 4.78 is 11.7. The molecule has 0 bridgehead atoms. The molecule has 3 nitrogen and oxygen atoms in total. The highest BCUT2D eigenvalue weighted by Crippen LogP contribution is 2.26. The van der Waals surface area contributed by atoms with Crippen molar-refractivity contribution in [2.45, 2.75) is 45.1 Å². The second kappa shape index (κ2) is 8.35. The summed E-state index contributed by atoms with van der Waals surface area (Å²) in [6.07, 6.45) is 6.54. The lowest BCUT2D eigenvalue weighted by molar-refractivity contribution is -0.00912. The van der Waals surface area contributed by atoms with Crippen molar-refractivity contribution in [1.82, 2.24) is 0 Å². The second-order valence-electron chi connectivity index (χ2n) is 5.76. The third-order valence-electron chi connectivity index (χ3n) is 4.06. The van der Waals surface area contributed by atoms with Crippen molar-refractivity contribution in [1.29, 1.82) is 0 Å². The smallest absolute Gasteiger partial charge is 0.119 e. The van der Waals surface area contributed by atoms with Crippen LogP contribution in [0.2, 0.25) is 0 Å². The van der Waals surface area contributed by atoms with Crippen molar-refractivity contribution < 1.29 is 9.47 Å². The maximum atomic E-state index is 5.97. The fourth-order valence-corrected chi connectivity index (χ4v) is 2.87. The maximum absolute atomic E-state index is 5.97. The zero-order chi connectivity index (χ0) is 15.1. The van der Waals surface area contributed by atoms with E-state index in [0.29, 0.717) is 23.6 Å². The van der Waals surface area contributed by atoms with Gasteiger partial charge in [0.25, 0.3) is 0 Å². The van der Waals surface area contributed by atoms with Gasteiger partial charge in [0, 0.05) is 12.0 Å². The highest BCUT2D eigenvalue weighted by atomic mass is 32.1. The van der Waals surface area contributed by atoms with Gasteiger partial charge in [-0.15, -0.1) is 0 Å². The molecule has 0 saturated heterocycles. The average molecular weight is 307 g/mol. The van der Waals surface area contributed by atoms with Crippen molar-refractivity contribution in [2.24, 2.45) is 11.7 Å². The molecule has 0 heterocycles. The lowest BCUT2D eigenvalue weighted by Gasteiger charge is -2.28. The van der Waals surface area contributed by atoms with Gasteiger partial charge in [-0.3, -0.25) is 0 Å². The summed E-state index contributed by atoms with van der Waals surface area (Å²) >= 11 is 4.92. The number of ether oxygens (including phenoxy) is 2. The van der Waals surface area contributed by atoms with E-state index in [-0.39, 0.29) is 0 Å². The van der Waals surface area contributed by atoms with Crippen LogP contribution in [0.5, 0.6) is 5.75 Å². The third kappa shape index (κ3) is 5.29. The van der Waals surface area contributed by atoms with E-state index in [4.69, 9.17) is 27.4 Å². The van der Waals surface area contributed by atoms with Gasteiger partial charge >= 0.3 is 0 Å². The van der Waals surface area contributed by atoms with Gasteiger partial charge < -0.3 is 15.2 Å². The Morgan fingerprint density at radius 1 is 1.19 bits per heavy atom. The summed E-state index contributed by atoms with van der Waals surface area (Å²) in [5, 5.41) is 0. The molecule has 0 aliphatic heterocycles. The van der Waals surface area contributed by atoms with Gasteiger partial charge in [0.2, 0.25) is 0 Å². The van der Waals surface area contributed by atoms with Crippen LogP contribution in [0.4, 0.5) is 0 Å². The molecule has 1 fully saturated rings. The first-order valence-corrected chi connectivity index (χ1v) is 8.22. The van der Waals surface area contributed by atoms with Gasteiger partial charge in [-0.25, -0.2) is 0 Å². The zero-order valence-corrected chi connectivity index (χ0v) is 13.5. The Labute approximate surface area is 132 Å². The van der Waals surface area contributed by atoms with E-state index in [1.54, 1.807) is 0 Å². The highest BCUT2D eigenvalue weighted by Gasteiger charge is 2.21. The van der Waals surface area contributed by atoms with E-state index in [1.807, 2.05) is 24.3 Å². The molecule has 21 heavy (non-hydrogen) atoms. The van der Waals surface area contributed by atoms with Crippen molar-refractivity contribution in [2.75, 3.05) is 13.2 Å². The lowest BCUT2D eigenvalue weighted by atomic mass is 9.88. The summed E-state index contributed by atoms with van der Waals surface area (Å²) in [6.45, 7) is 3.75. The molecule has 116 valence electrons. The standard InChI is InChI=1S/C17H25NO2S/c1-13-5-2-3-6-16(13)20-12-4-11-19-15-9-7-14(8-10-15)17(18)21/h7-10,13,16H,2-6,11-12H2,1H3,(H2,18,21). The first-order valence-electron chi connectivity index (χ1n) is 7.81. The molecule has 1 aliphatic carbocycles. The Morgan fingerprint density at radius 2 is 1.90 bits per heavy atom. The molecular formula is C17H25NO2S. The van der Waals surface area contributed by atoms with Gasteiger partial charge in [0.05, 0.1) is 19.3 Å². The van der Waals surface area contributed by atoms with Crippen LogP contribution >= 0.6 is 12.2 Å². The number of benzene rings is 1.